The van der Waals surface area contributed by atoms with Crippen molar-refractivity contribution in [3.63, 3.8) is 0 Å². The fourth-order valence-corrected chi connectivity index (χ4v) is 5.48. The van der Waals surface area contributed by atoms with Crippen LogP contribution in [0.3, 0.4) is 0 Å². The molecule has 5 atom stereocenters. The SMILES string of the molecule is O=P(O)(O)COC[C@H]1C[C@@H](n2cnc3c(N[C@H]4CCc5ccccc54)nc(Cl)nc32)[C@H](O)[C@H]1O. The third kappa shape index (κ3) is 4.57. The van der Waals surface area contributed by atoms with Crippen molar-refractivity contribution in [1.82, 2.24) is 19.5 Å². The van der Waals surface area contributed by atoms with Crippen molar-refractivity contribution in [2.24, 2.45) is 5.92 Å². The number of imidazole rings is 1. The second-order valence-corrected chi connectivity index (χ2v) is 10.7. The number of aromatic nitrogens is 4. The van der Waals surface area contributed by atoms with Crippen LogP contribution >= 0.6 is 19.2 Å². The molecule has 11 nitrogen and oxygen atoms in total. The number of halogens is 1. The summed E-state index contributed by atoms with van der Waals surface area (Å²) < 4.78 is 17.8. The lowest BCUT2D eigenvalue weighted by molar-refractivity contribution is -0.0117. The summed E-state index contributed by atoms with van der Waals surface area (Å²) in [7, 11) is -4.32. The number of hydrogen-bond acceptors (Lipinski definition) is 8. The van der Waals surface area contributed by atoms with Gasteiger partial charge in [0.15, 0.2) is 17.0 Å². The van der Waals surface area contributed by atoms with Crippen LogP contribution in [0.15, 0.2) is 30.6 Å². The normalized spacial score (nSPS) is 26.8. The molecule has 2 heterocycles. The van der Waals surface area contributed by atoms with E-state index in [1.807, 2.05) is 12.1 Å². The van der Waals surface area contributed by atoms with Crippen LogP contribution < -0.4 is 5.32 Å². The first-order valence-corrected chi connectivity index (χ1v) is 13.1. The van der Waals surface area contributed by atoms with Gasteiger partial charge in [-0.05, 0) is 42.0 Å². The second-order valence-electron chi connectivity index (χ2n) is 8.81. The molecule has 0 aliphatic heterocycles. The number of aryl methyl sites for hydroxylation is 1. The third-order valence-electron chi connectivity index (χ3n) is 6.56. The Kier molecular flexibility index (Phi) is 6.36. The van der Waals surface area contributed by atoms with Crippen LogP contribution in [-0.2, 0) is 15.7 Å². The van der Waals surface area contributed by atoms with Crippen molar-refractivity contribution in [1.29, 1.82) is 0 Å². The van der Waals surface area contributed by atoms with Gasteiger partial charge in [-0.3, -0.25) is 4.57 Å². The largest absolute Gasteiger partial charge is 0.390 e. The molecule has 1 aromatic carbocycles. The summed E-state index contributed by atoms with van der Waals surface area (Å²) in [6, 6.07) is 7.71. The summed E-state index contributed by atoms with van der Waals surface area (Å²) in [5, 5.41) is 24.7. The second kappa shape index (κ2) is 9.16. The van der Waals surface area contributed by atoms with Gasteiger partial charge < -0.3 is 34.6 Å². The van der Waals surface area contributed by atoms with Crippen molar-refractivity contribution in [3.8, 4) is 0 Å². The van der Waals surface area contributed by atoms with E-state index in [1.165, 1.54) is 17.5 Å². The smallest absolute Gasteiger partial charge is 0.350 e. The van der Waals surface area contributed by atoms with Crippen molar-refractivity contribution in [2.75, 3.05) is 18.3 Å². The molecule has 182 valence electrons. The molecule has 34 heavy (non-hydrogen) atoms. The van der Waals surface area contributed by atoms with E-state index in [9.17, 15) is 14.8 Å². The van der Waals surface area contributed by atoms with Crippen molar-refractivity contribution >= 4 is 36.2 Å². The molecule has 13 heteroatoms. The molecule has 5 rings (SSSR count). The van der Waals surface area contributed by atoms with Crippen molar-refractivity contribution in [3.05, 3.63) is 47.0 Å². The van der Waals surface area contributed by atoms with Crippen LogP contribution in [0.5, 0.6) is 0 Å². The van der Waals surface area contributed by atoms with Gasteiger partial charge in [-0.1, -0.05) is 24.3 Å². The average Bonchev–Trinajstić information content (AvgIpc) is 3.45. The quantitative estimate of drug-likeness (QED) is 0.235. The number of rotatable bonds is 7. The highest BCUT2D eigenvalue weighted by Gasteiger charge is 2.43. The molecule has 0 amide bonds. The highest BCUT2D eigenvalue weighted by Crippen LogP contribution is 2.40. The first-order valence-electron chi connectivity index (χ1n) is 10.9. The summed E-state index contributed by atoms with van der Waals surface area (Å²) >= 11 is 6.24. The van der Waals surface area contributed by atoms with Crippen molar-refractivity contribution in [2.45, 2.75) is 43.6 Å². The molecule has 2 aliphatic carbocycles. The summed E-state index contributed by atoms with van der Waals surface area (Å²) in [6.45, 7) is -0.101. The Hall–Kier alpha value is -2.11. The van der Waals surface area contributed by atoms with Crippen LogP contribution in [0.2, 0.25) is 5.28 Å². The van der Waals surface area contributed by atoms with Gasteiger partial charge in [0, 0.05) is 5.92 Å². The number of anilines is 1. The highest BCUT2D eigenvalue weighted by molar-refractivity contribution is 7.51. The summed E-state index contributed by atoms with van der Waals surface area (Å²) in [5.41, 5.74) is 3.41. The maximum atomic E-state index is 11.0. The van der Waals surface area contributed by atoms with E-state index in [0.29, 0.717) is 23.4 Å². The number of fused-ring (bicyclic) bond motifs is 2. The summed E-state index contributed by atoms with van der Waals surface area (Å²) in [5.74, 6) is -0.0288. The average molecular weight is 510 g/mol. The van der Waals surface area contributed by atoms with E-state index >= 15 is 0 Å². The number of aliphatic hydroxyl groups is 2. The Labute approximate surface area is 199 Å². The van der Waals surface area contributed by atoms with Crippen LogP contribution in [0.1, 0.15) is 36.1 Å². The fourth-order valence-electron chi connectivity index (χ4n) is 4.97. The Morgan fingerprint density at radius 2 is 2.00 bits per heavy atom. The molecule has 0 radical (unpaired) electrons. The van der Waals surface area contributed by atoms with Crippen LogP contribution in [0, 0.1) is 5.92 Å². The minimum atomic E-state index is -4.32. The molecule has 2 aliphatic rings. The predicted octanol–water partition coefficient (Wildman–Crippen LogP) is 2.01. The number of benzene rings is 1. The van der Waals surface area contributed by atoms with E-state index in [4.69, 9.17) is 26.1 Å². The lowest BCUT2D eigenvalue weighted by Crippen LogP contribution is -2.30. The molecule has 0 unspecified atom stereocenters. The molecule has 3 aromatic rings. The first kappa shape index (κ1) is 23.6. The predicted molar refractivity (Wildman–Crippen MR) is 123 cm³/mol. The fraction of sp³-hybridized carbons (Fsp3) is 0.476. The topological polar surface area (TPSA) is 163 Å². The number of hydrogen-bond donors (Lipinski definition) is 5. The first-order chi connectivity index (χ1) is 16.2. The van der Waals surface area contributed by atoms with Crippen molar-refractivity contribution < 1.29 is 29.3 Å². The number of aliphatic hydroxyl groups excluding tert-OH is 2. The van der Waals surface area contributed by atoms with Gasteiger partial charge >= 0.3 is 7.60 Å². The maximum Gasteiger partial charge on any atom is 0.350 e. The molecular formula is C21H25ClN5O6P. The molecule has 5 N–H and O–H groups in total. The van der Waals surface area contributed by atoms with E-state index < -0.39 is 38.1 Å². The minimum absolute atomic E-state index is 0.0256. The highest BCUT2D eigenvalue weighted by atomic mass is 35.5. The molecular weight excluding hydrogens is 485 g/mol. The summed E-state index contributed by atoms with van der Waals surface area (Å²) in [6.07, 6.45) is 0.678. The zero-order valence-corrected chi connectivity index (χ0v) is 19.7. The minimum Gasteiger partial charge on any atom is -0.390 e. The van der Waals surface area contributed by atoms with E-state index in [-0.39, 0.29) is 17.9 Å². The zero-order valence-electron chi connectivity index (χ0n) is 18.0. The van der Waals surface area contributed by atoms with Crippen LogP contribution in [0.25, 0.3) is 11.2 Å². The molecule has 1 fully saturated rings. The van der Waals surface area contributed by atoms with E-state index in [0.717, 1.165) is 12.8 Å². The van der Waals surface area contributed by atoms with Gasteiger partial charge in [-0.15, -0.1) is 0 Å². The standard InChI is InChI=1S/C21H25ClN5O6P/c22-21-25-19(24-14-6-5-11-3-1-2-4-13(11)14)16-20(26-21)27(9-23-16)15-7-12(17(28)18(15)29)8-33-10-34(30,31)32/h1-4,9,12,14-15,17-18,28-29H,5-8,10H2,(H,24,25,26)(H2,30,31,32)/t12-,14+,15-,17+,18+/m1/s1. The Balaban J connectivity index is 1.39. The van der Waals surface area contributed by atoms with Gasteiger partial charge in [0.2, 0.25) is 5.28 Å². The van der Waals surface area contributed by atoms with E-state index in [1.54, 1.807) is 4.57 Å². The van der Waals surface area contributed by atoms with E-state index in [2.05, 4.69) is 32.4 Å². The Morgan fingerprint density at radius 3 is 2.79 bits per heavy atom. The number of nitrogens with one attached hydrogen (secondary N) is 1. The molecule has 1 saturated carbocycles. The number of nitrogens with zero attached hydrogens (tertiary/aromatic N) is 4. The number of ether oxygens (including phenoxy) is 1. The van der Waals surface area contributed by atoms with Gasteiger partial charge in [-0.2, -0.15) is 9.97 Å². The van der Waals surface area contributed by atoms with Gasteiger partial charge in [0.25, 0.3) is 0 Å². The van der Waals surface area contributed by atoms with Crippen LogP contribution in [-0.4, -0.2) is 64.7 Å². The van der Waals surface area contributed by atoms with Gasteiger partial charge in [-0.25, -0.2) is 4.98 Å². The zero-order chi connectivity index (χ0) is 24.0. The molecule has 0 spiro atoms. The van der Waals surface area contributed by atoms with Gasteiger partial charge in [0.1, 0.15) is 12.5 Å². The third-order valence-corrected chi connectivity index (χ3v) is 7.25. The molecule has 0 bridgehead atoms. The Morgan fingerprint density at radius 1 is 1.21 bits per heavy atom. The lowest BCUT2D eigenvalue weighted by Gasteiger charge is -2.19. The summed E-state index contributed by atoms with van der Waals surface area (Å²) in [4.78, 5) is 31.1. The molecule has 0 saturated heterocycles. The van der Waals surface area contributed by atoms with Gasteiger partial charge in [0.05, 0.1) is 31.1 Å². The Bertz CT molecular complexity index is 1250. The maximum absolute atomic E-state index is 11.0. The van der Waals surface area contributed by atoms with Crippen LogP contribution in [0.4, 0.5) is 5.82 Å². The monoisotopic (exact) mass is 509 g/mol. The lowest BCUT2D eigenvalue weighted by atomic mass is 10.1. The molecule has 2 aromatic heterocycles.